The van der Waals surface area contributed by atoms with Gasteiger partial charge in [-0.1, -0.05) is 94.5 Å². The molecule has 2 heteroatoms. The lowest BCUT2D eigenvalue weighted by Crippen LogP contribution is -2.31. The molecule has 0 N–H and O–H groups in total. The Morgan fingerprint density at radius 2 is 1.25 bits per heavy atom. The maximum Gasteiger partial charge on any atom is 0.106 e. The van der Waals surface area contributed by atoms with Crippen LogP contribution in [-0.4, -0.2) is 19.3 Å². The van der Waals surface area contributed by atoms with Crippen molar-refractivity contribution in [2.75, 3.05) is 13.2 Å². The quantitative estimate of drug-likeness (QED) is 0.394. The standard InChI is InChI=1S/C30H42O2/c1-3-5-7-23-9-11-24(12-10-23)25-13-15-26(16-14-25)27-17-19-28(20-18-27)30-22-31-29(21-32-30)8-6-4-2/h13-20,23-24,29-30H,3-12,21-22H2,1-2H3. The van der Waals surface area contributed by atoms with Gasteiger partial charge in [0.15, 0.2) is 0 Å². The van der Waals surface area contributed by atoms with Gasteiger partial charge in [0.25, 0.3) is 0 Å². The zero-order chi connectivity index (χ0) is 22.2. The summed E-state index contributed by atoms with van der Waals surface area (Å²) in [6.45, 7) is 5.92. The van der Waals surface area contributed by atoms with Gasteiger partial charge in [0, 0.05) is 0 Å². The van der Waals surface area contributed by atoms with Crippen molar-refractivity contribution in [1.29, 1.82) is 0 Å². The number of unbranched alkanes of at least 4 members (excludes halogenated alkanes) is 2. The maximum absolute atomic E-state index is 6.11. The summed E-state index contributed by atoms with van der Waals surface area (Å²) in [5.41, 5.74) is 5.34. The van der Waals surface area contributed by atoms with Crippen molar-refractivity contribution in [3.8, 4) is 11.1 Å². The van der Waals surface area contributed by atoms with Gasteiger partial charge in [0.1, 0.15) is 6.10 Å². The Balaban J connectivity index is 1.29. The molecule has 2 aromatic rings. The Hall–Kier alpha value is -1.64. The van der Waals surface area contributed by atoms with Crippen molar-refractivity contribution >= 4 is 0 Å². The van der Waals surface area contributed by atoms with Gasteiger partial charge in [-0.25, -0.2) is 0 Å². The van der Waals surface area contributed by atoms with Gasteiger partial charge in [0.05, 0.1) is 19.3 Å². The summed E-state index contributed by atoms with van der Waals surface area (Å²) in [5.74, 6) is 1.73. The topological polar surface area (TPSA) is 18.5 Å². The van der Waals surface area contributed by atoms with E-state index in [1.165, 1.54) is 80.0 Å². The van der Waals surface area contributed by atoms with E-state index in [0.29, 0.717) is 13.2 Å². The maximum atomic E-state index is 6.11. The molecule has 1 aliphatic carbocycles. The van der Waals surface area contributed by atoms with E-state index in [0.717, 1.165) is 18.3 Å². The second-order valence-corrected chi connectivity index (χ2v) is 10.0. The van der Waals surface area contributed by atoms with Crippen LogP contribution in [0.4, 0.5) is 0 Å². The van der Waals surface area contributed by atoms with E-state index < -0.39 is 0 Å². The van der Waals surface area contributed by atoms with Gasteiger partial charge in [-0.2, -0.15) is 0 Å². The van der Waals surface area contributed by atoms with E-state index in [1.807, 2.05) is 0 Å². The lowest BCUT2D eigenvalue weighted by atomic mass is 9.77. The molecule has 1 saturated heterocycles. The van der Waals surface area contributed by atoms with Crippen LogP contribution < -0.4 is 0 Å². The van der Waals surface area contributed by atoms with Gasteiger partial charge in [-0.3, -0.25) is 0 Å². The third-order valence-electron chi connectivity index (χ3n) is 7.66. The van der Waals surface area contributed by atoms with Crippen LogP contribution in [-0.2, 0) is 9.47 Å². The fourth-order valence-corrected chi connectivity index (χ4v) is 5.45. The van der Waals surface area contributed by atoms with Crippen molar-refractivity contribution in [2.45, 2.75) is 96.2 Å². The van der Waals surface area contributed by atoms with Crippen LogP contribution in [0.2, 0.25) is 0 Å². The Bertz CT molecular complexity index is 709. The van der Waals surface area contributed by atoms with Gasteiger partial charge in [-0.15, -0.1) is 0 Å². The number of benzene rings is 2. The van der Waals surface area contributed by atoms with Crippen LogP contribution in [0.15, 0.2) is 48.5 Å². The summed E-state index contributed by atoms with van der Waals surface area (Å²) in [7, 11) is 0. The first kappa shape index (κ1) is 23.5. The predicted molar refractivity (Wildman–Crippen MR) is 134 cm³/mol. The molecule has 0 bridgehead atoms. The lowest BCUT2D eigenvalue weighted by molar-refractivity contribution is -0.137. The number of hydrogen-bond acceptors (Lipinski definition) is 2. The minimum atomic E-state index is 0.0664. The first-order valence-electron chi connectivity index (χ1n) is 13.2. The van der Waals surface area contributed by atoms with E-state index >= 15 is 0 Å². The van der Waals surface area contributed by atoms with Crippen molar-refractivity contribution in [3.05, 3.63) is 59.7 Å². The summed E-state index contributed by atoms with van der Waals surface area (Å²) < 4.78 is 12.1. The van der Waals surface area contributed by atoms with E-state index in [2.05, 4.69) is 62.4 Å². The number of hydrogen-bond donors (Lipinski definition) is 0. The van der Waals surface area contributed by atoms with E-state index in [-0.39, 0.29) is 12.2 Å². The van der Waals surface area contributed by atoms with Gasteiger partial charge in [-0.05, 0) is 66.2 Å². The van der Waals surface area contributed by atoms with Crippen LogP contribution in [0, 0.1) is 5.92 Å². The molecule has 4 rings (SSSR count). The molecule has 2 atom stereocenters. The highest BCUT2D eigenvalue weighted by atomic mass is 16.6. The Morgan fingerprint density at radius 3 is 1.81 bits per heavy atom. The molecule has 0 spiro atoms. The number of rotatable bonds is 9. The molecular weight excluding hydrogens is 392 g/mol. The molecule has 0 amide bonds. The van der Waals surface area contributed by atoms with Crippen molar-refractivity contribution < 1.29 is 9.47 Å². The first-order valence-corrected chi connectivity index (χ1v) is 13.2. The highest BCUT2D eigenvalue weighted by molar-refractivity contribution is 5.64. The summed E-state index contributed by atoms with van der Waals surface area (Å²) in [4.78, 5) is 0. The Morgan fingerprint density at radius 1 is 0.656 bits per heavy atom. The summed E-state index contributed by atoms with van der Waals surface area (Å²) in [6, 6.07) is 18.2. The summed E-state index contributed by atoms with van der Waals surface area (Å²) in [6.07, 6.45) is 13.6. The Kier molecular flexibility index (Phi) is 8.82. The molecule has 0 aromatic heterocycles. The van der Waals surface area contributed by atoms with E-state index in [4.69, 9.17) is 9.47 Å². The number of ether oxygens (including phenoxy) is 2. The van der Waals surface area contributed by atoms with Crippen LogP contribution >= 0.6 is 0 Å². The third-order valence-corrected chi connectivity index (χ3v) is 7.66. The molecule has 1 heterocycles. The SMILES string of the molecule is CCCCC1CCC(c2ccc(-c3ccc(C4COC(CCCC)CO4)cc3)cc2)CC1. The molecule has 2 aromatic carbocycles. The molecular formula is C30H42O2. The van der Waals surface area contributed by atoms with Crippen LogP contribution in [0.1, 0.15) is 101 Å². The monoisotopic (exact) mass is 434 g/mol. The molecule has 0 radical (unpaired) electrons. The molecule has 32 heavy (non-hydrogen) atoms. The fraction of sp³-hybridized carbons (Fsp3) is 0.600. The summed E-state index contributed by atoms with van der Waals surface area (Å²) in [5, 5.41) is 0. The predicted octanol–water partition coefficient (Wildman–Crippen LogP) is 8.46. The second-order valence-electron chi connectivity index (χ2n) is 10.0. The van der Waals surface area contributed by atoms with Crippen LogP contribution in [0.25, 0.3) is 11.1 Å². The molecule has 2 fully saturated rings. The lowest BCUT2D eigenvalue weighted by Gasteiger charge is -2.30. The van der Waals surface area contributed by atoms with Crippen molar-refractivity contribution in [2.24, 2.45) is 5.92 Å². The highest BCUT2D eigenvalue weighted by Gasteiger charge is 2.24. The zero-order valence-corrected chi connectivity index (χ0v) is 20.2. The van der Waals surface area contributed by atoms with Crippen molar-refractivity contribution in [3.63, 3.8) is 0 Å². The van der Waals surface area contributed by atoms with Gasteiger partial charge >= 0.3 is 0 Å². The van der Waals surface area contributed by atoms with Crippen LogP contribution in [0.5, 0.6) is 0 Å². The minimum Gasteiger partial charge on any atom is -0.373 e. The van der Waals surface area contributed by atoms with Crippen molar-refractivity contribution in [1.82, 2.24) is 0 Å². The zero-order valence-electron chi connectivity index (χ0n) is 20.2. The molecule has 1 aliphatic heterocycles. The Labute approximate surface area is 195 Å². The average molecular weight is 435 g/mol. The highest BCUT2D eigenvalue weighted by Crippen LogP contribution is 2.38. The minimum absolute atomic E-state index is 0.0664. The van der Waals surface area contributed by atoms with E-state index in [1.54, 1.807) is 0 Å². The molecule has 1 saturated carbocycles. The van der Waals surface area contributed by atoms with Gasteiger partial charge in [0.2, 0.25) is 0 Å². The molecule has 2 aliphatic rings. The third kappa shape index (κ3) is 6.23. The normalized spacial score (nSPS) is 26.2. The fourth-order valence-electron chi connectivity index (χ4n) is 5.45. The smallest absolute Gasteiger partial charge is 0.106 e. The van der Waals surface area contributed by atoms with E-state index in [9.17, 15) is 0 Å². The average Bonchev–Trinajstić information content (AvgIpc) is 2.87. The molecule has 2 unspecified atom stereocenters. The second kappa shape index (κ2) is 12.0. The molecule has 174 valence electrons. The van der Waals surface area contributed by atoms with Crippen LogP contribution in [0.3, 0.4) is 0 Å². The molecule has 2 nitrogen and oxygen atoms in total. The summed E-state index contributed by atoms with van der Waals surface area (Å²) >= 11 is 0. The first-order chi connectivity index (χ1) is 15.8. The largest absolute Gasteiger partial charge is 0.373 e. The van der Waals surface area contributed by atoms with Gasteiger partial charge < -0.3 is 9.47 Å².